The van der Waals surface area contributed by atoms with Crippen molar-refractivity contribution in [3.8, 4) is 0 Å². The molecule has 102 valence electrons. The van der Waals surface area contributed by atoms with Crippen molar-refractivity contribution in [1.29, 1.82) is 0 Å². The number of nitrogens with one attached hydrogen (secondary N) is 1. The van der Waals surface area contributed by atoms with Crippen molar-refractivity contribution >= 4 is 0 Å². The lowest BCUT2D eigenvalue weighted by Gasteiger charge is -2.46. The zero-order valence-electron chi connectivity index (χ0n) is 12.3. The van der Waals surface area contributed by atoms with Gasteiger partial charge in [0.15, 0.2) is 0 Å². The molecular formula is C14H30N2O. The topological polar surface area (TPSA) is 24.5 Å². The second kappa shape index (κ2) is 6.72. The molecule has 0 aromatic rings. The Morgan fingerprint density at radius 3 is 2.47 bits per heavy atom. The van der Waals surface area contributed by atoms with Crippen LogP contribution in [0.2, 0.25) is 0 Å². The predicted molar refractivity (Wildman–Crippen MR) is 73.4 cm³/mol. The van der Waals surface area contributed by atoms with E-state index in [-0.39, 0.29) is 5.54 Å². The molecule has 0 aliphatic carbocycles. The Hall–Kier alpha value is -0.120. The summed E-state index contributed by atoms with van der Waals surface area (Å²) >= 11 is 0. The van der Waals surface area contributed by atoms with Gasteiger partial charge in [0.25, 0.3) is 0 Å². The summed E-state index contributed by atoms with van der Waals surface area (Å²) in [4.78, 5) is 2.58. The van der Waals surface area contributed by atoms with E-state index in [4.69, 9.17) is 4.74 Å². The zero-order valence-corrected chi connectivity index (χ0v) is 12.3. The molecule has 0 saturated carbocycles. The van der Waals surface area contributed by atoms with Crippen LogP contribution in [-0.4, -0.2) is 48.8 Å². The van der Waals surface area contributed by atoms with Gasteiger partial charge in [-0.1, -0.05) is 13.8 Å². The molecule has 0 radical (unpaired) electrons. The van der Waals surface area contributed by atoms with Crippen LogP contribution in [0, 0.1) is 0 Å². The van der Waals surface area contributed by atoms with E-state index in [0.29, 0.717) is 12.1 Å². The van der Waals surface area contributed by atoms with Crippen LogP contribution in [0.3, 0.4) is 0 Å². The Morgan fingerprint density at radius 1 is 1.29 bits per heavy atom. The van der Waals surface area contributed by atoms with Gasteiger partial charge < -0.3 is 10.1 Å². The summed E-state index contributed by atoms with van der Waals surface area (Å²) in [7, 11) is 0. The fourth-order valence-electron chi connectivity index (χ4n) is 2.71. The minimum atomic E-state index is 0.174. The molecular weight excluding hydrogens is 212 g/mol. The van der Waals surface area contributed by atoms with Crippen LogP contribution in [0.5, 0.6) is 0 Å². The quantitative estimate of drug-likeness (QED) is 0.773. The van der Waals surface area contributed by atoms with Crippen LogP contribution in [0.15, 0.2) is 0 Å². The van der Waals surface area contributed by atoms with Crippen LogP contribution in [0.25, 0.3) is 0 Å². The smallest absolute Gasteiger partial charge is 0.0645 e. The Labute approximate surface area is 107 Å². The number of hydrogen-bond acceptors (Lipinski definition) is 3. The average Bonchev–Trinajstić information content (AvgIpc) is 2.29. The number of morpholine rings is 1. The molecule has 1 heterocycles. The first-order valence-corrected chi connectivity index (χ1v) is 7.09. The van der Waals surface area contributed by atoms with E-state index in [9.17, 15) is 0 Å². The molecule has 1 N–H and O–H groups in total. The zero-order chi connectivity index (χ0) is 12.9. The van der Waals surface area contributed by atoms with Crippen LogP contribution in [0.4, 0.5) is 0 Å². The highest BCUT2D eigenvalue weighted by molar-refractivity contribution is 4.88. The van der Waals surface area contributed by atoms with Crippen molar-refractivity contribution in [2.45, 2.75) is 65.1 Å². The molecule has 1 saturated heterocycles. The lowest BCUT2D eigenvalue weighted by molar-refractivity contribution is -0.0685. The van der Waals surface area contributed by atoms with Crippen LogP contribution < -0.4 is 5.32 Å². The summed E-state index contributed by atoms with van der Waals surface area (Å²) < 4.78 is 5.57. The van der Waals surface area contributed by atoms with Gasteiger partial charge in [-0.05, 0) is 33.6 Å². The fraction of sp³-hybridized carbons (Fsp3) is 1.00. The van der Waals surface area contributed by atoms with Crippen molar-refractivity contribution in [3.63, 3.8) is 0 Å². The number of hydrogen-bond donors (Lipinski definition) is 1. The van der Waals surface area contributed by atoms with E-state index in [0.717, 1.165) is 26.3 Å². The summed E-state index contributed by atoms with van der Waals surface area (Å²) in [5, 5.41) is 3.67. The Balaban J connectivity index is 2.42. The number of nitrogens with zero attached hydrogens (tertiary/aromatic N) is 1. The number of ether oxygens (including phenoxy) is 1. The maximum atomic E-state index is 5.57. The number of rotatable bonds is 6. The van der Waals surface area contributed by atoms with Crippen LogP contribution in [-0.2, 0) is 4.74 Å². The molecule has 3 nitrogen and oxygen atoms in total. The van der Waals surface area contributed by atoms with Gasteiger partial charge in [-0.2, -0.15) is 0 Å². The van der Waals surface area contributed by atoms with Gasteiger partial charge in [-0.25, -0.2) is 0 Å². The summed E-state index contributed by atoms with van der Waals surface area (Å²) in [5.41, 5.74) is 0.174. The molecule has 1 unspecified atom stereocenters. The minimum absolute atomic E-state index is 0.174. The van der Waals surface area contributed by atoms with E-state index in [2.05, 4.69) is 44.8 Å². The molecule has 0 bridgehead atoms. The largest absolute Gasteiger partial charge is 0.378 e. The van der Waals surface area contributed by atoms with E-state index in [1.54, 1.807) is 0 Å². The first-order chi connectivity index (χ1) is 8.01. The van der Waals surface area contributed by atoms with E-state index in [1.807, 2.05) is 0 Å². The molecule has 1 aliphatic heterocycles. The van der Waals surface area contributed by atoms with Gasteiger partial charge >= 0.3 is 0 Å². The molecule has 0 spiro atoms. The second-order valence-corrected chi connectivity index (χ2v) is 5.83. The predicted octanol–water partition coefficient (Wildman–Crippen LogP) is 2.26. The van der Waals surface area contributed by atoms with Crippen LogP contribution >= 0.6 is 0 Å². The van der Waals surface area contributed by atoms with E-state index < -0.39 is 0 Å². The second-order valence-electron chi connectivity index (χ2n) is 5.83. The lowest BCUT2D eigenvalue weighted by atomic mass is 10.00. The average molecular weight is 242 g/mol. The van der Waals surface area contributed by atoms with E-state index in [1.165, 1.54) is 12.8 Å². The van der Waals surface area contributed by atoms with Gasteiger partial charge in [0.05, 0.1) is 13.2 Å². The third-order valence-electron chi connectivity index (χ3n) is 3.93. The third kappa shape index (κ3) is 4.23. The Morgan fingerprint density at radius 2 is 1.94 bits per heavy atom. The van der Waals surface area contributed by atoms with Gasteiger partial charge in [0, 0.05) is 30.7 Å². The summed E-state index contributed by atoms with van der Waals surface area (Å²) in [5.74, 6) is 0. The standard InChI is InChI=1S/C14H30N2O/c1-6-13(7-2)15-10-12(3)16-8-9-17-11-14(16,4)5/h12-13,15H,6-11H2,1-5H3. The van der Waals surface area contributed by atoms with Crippen LogP contribution in [0.1, 0.15) is 47.5 Å². The minimum Gasteiger partial charge on any atom is -0.378 e. The molecule has 0 amide bonds. The van der Waals surface area contributed by atoms with Gasteiger partial charge in [0.2, 0.25) is 0 Å². The highest BCUT2D eigenvalue weighted by Crippen LogP contribution is 2.21. The molecule has 1 rings (SSSR count). The van der Waals surface area contributed by atoms with Crippen molar-refractivity contribution in [2.24, 2.45) is 0 Å². The molecule has 0 aromatic heterocycles. The monoisotopic (exact) mass is 242 g/mol. The molecule has 1 aliphatic rings. The Bertz CT molecular complexity index is 214. The summed E-state index contributed by atoms with van der Waals surface area (Å²) in [6.07, 6.45) is 2.44. The van der Waals surface area contributed by atoms with Crippen molar-refractivity contribution in [1.82, 2.24) is 10.2 Å². The van der Waals surface area contributed by atoms with Gasteiger partial charge in [-0.3, -0.25) is 4.90 Å². The maximum Gasteiger partial charge on any atom is 0.0645 e. The normalized spacial score (nSPS) is 22.9. The maximum absolute atomic E-state index is 5.57. The molecule has 1 fully saturated rings. The first kappa shape index (κ1) is 14.9. The van der Waals surface area contributed by atoms with Gasteiger partial charge in [0.1, 0.15) is 0 Å². The van der Waals surface area contributed by atoms with Gasteiger partial charge in [-0.15, -0.1) is 0 Å². The lowest BCUT2D eigenvalue weighted by Crippen LogP contribution is -2.58. The molecule has 17 heavy (non-hydrogen) atoms. The third-order valence-corrected chi connectivity index (χ3v) is 3.93. The molecule has 0 aromatic carbocycles. The summed E-state index contributed by atoms with van der Waals surface area (Å²) in [6, 6.07) is 1.25. The highest BCUT2D eigenvalue weighted by Gasteiger charge is 2.33. The fourth-order valence-corrected chi connectivity index (χ4v) is 2.71. The Kier molecular flexibility index (Phi) is 5.90. The van der Waals surface area contributed by atoms with E-state index >= 15 is 0 Å². The highest BCUT2D eigenvalue weighted by atomic mass is 16.5. The molecule has 3 heteroatoms. The first-order valence-electron chi connectivity index (χ1n) is 7.09. The summed E-state index contributed by atoms with van der Waals surface area (Å²) in [6.45, 7) is 15.2. The van der Waals surface area contributed by atoms with Crippen molar-refractivity contribution in [3.05, 3.63) is 0 Å². The van der Waals surface area contributed by atoms with Crippen molar-refractivity contribution in [2.75, 3.05) is 26.3 Å². The molecule has 1 atom stereocenters. The van der Waals surface area contributed by atoms with Crippen molar-refractivity contribution < 1.29 is 4.74 Å². The SMILES string of the molecule is CCC(CC)NCC(C)N1CCOCC1(C)C.